The number of hydrogen-bond acceptors (Lipinski definition) is 10. The summed E-state index contributed by atoms with van der Waals surface area (Å²) in [6, 6.07) is 7.31. The summed E-state index contributed by atoms with van der Waals surface area (Å²) in [5, 5.41) is 19.1. The highest BCUT2D eigenvalue weighted by atomic mass is 16.5. The molecule has 1 amide bonds. The molecule has 4 aromatic rings. The third kappa shape index (κ3) is 4.99. The largest absolute Gasteiger partial charge is 0.422 e. The zero-order valence-corrected chi connectivity index (χ0v) is 20.1. The van der Waals surface area contributed by atoms with Crippen molar-refractivity contribution < 1.29 is 19.1 Å². The number of fused-ring (bicyclic) bond motifs is 1. The van der Waals surface area contributed by atoms with Gasteiger partial charge in [0, 0.05) is 51.6 Å². The maximum atomic E-state index is 13.5. The average Bonchev–Trinajstić information content (AvgIpc) is 3.52. The van der Waals surface area contributed by atoms with E-state index >= 15 is 0 Å². The van der Waals surface area contributed by atoms with Gasteiger partial charge in [-0.05, 0) is 25.0 Å². The minimum atomic E-state index is -0.356. The van der Waals surface area contributed by atoms with Gasteiger partial charge in [0.15, 0.2) is 5.58 Å². The molecule has 0 aromatic carbocycles. The summed E-state index contributed by atoms with van der Waals surface area (Å²) in [7, 11) is 3.55. The quantitative estimate of drug-likeness (QED) is 0.335. The number of methoxy groups -OCH3 is 1. The summed E-state index contributed by atoms with van der Waals surface area (Å²) in [6.07, 6.45) is 5.42. The van der Waals surface area contributed by atoms with Crippen molar-refractivity contribution in [3.63, 3.8) is 0 Å². The number of carbonyl (C=O) groups is 1. The van der Waals surface area contributed by atoms with E-state index in [1.807, 2.05) is 25.4 Å². The molecule has 0 saturated carbocycles. The maximum Gasteiger partial charge on any atom is 0.297 e. The van der Waals surface area contributed by atoms with E-state index in [9.17, 15) is 4.79 Å². The van der Waals surface area contributed by atoms with Crippen molar-refractivity contribution in [1.82, 2.24) is 24.7 Å². The number of amides is 1. The van der Waals surface area contributed by atoms with Gasteiger partial charge < -0.3 is 29.8 Å². The number of aliphatic hydroxyl groups is 1. The molecule has 0 unspecified atom stereocenters. The Kier molecular flexibility index (Phi) is 6.78. The molecule has 188 valence electrons. The van der Waals surface area contributed by atoms with Gasteiger partial charge in [-0.3, -0.25) is 9.48 Å². The minimum Gasteiger partial charge on any atom is -0.422 e. The van der Waals surface area contributed by atoms with Crippen LogP contribution in [0.15, 0.2) is 41.1 Å². The molecule has 1 saturated heterocycles. The third-order valence-electron chi connectivity index (χ3n) is 6.06. The third-order valence-corrected chi connectivity index (χ3v) is 6.06. The van der Waals surface area contributed by atoms with Gasteiger partial charge in [0.25, 0.3) is 11.9 Å². The van der Waals surface area contributed by atoms with Gasteiger partial charge >= 0.3 is 0 Å². The number of piperidine rings is 1. The number of nitrogens with one attached hydrogen (secondary N) is 2. The lowest BCUT2D eigenvalue weighted by atomic mass is 10.1. The van der Waals surface area contributed by atoms with Crippen LogP contribution in [0.5, 0.6) is 0 Å². The zero-order valence-electron chi connectivity index (χ0n) is 20.1. The summed E-state index contributed by atoms with van der Waals surface area (Å²) in [4.78, 5) is 29.2. The summed E-state index contributed by atoms with van der Waals surface area (Å²) < 4.78 is 12.9. The highest BCUT2D eigenvalue weighted by Gasteiger charge is 2.26. The average molecular weight is 493 g/mol. The van der Waals surface area contributed by atoms with Crippen LogP contribution in [0.25, 0.3) is 22.5 Å². The normalized spacial score (nSPS) is 14.4. The van der Waals surface area contributed by atoms with Crippen LogP contribution in [0.2, 0.25) is 0 Å². The monoisotopic (exact) mass is 492 g/mol. The smallest absolute Gasteiger partial charge is 0.297 e. The highest BCUT2D eigenvalue weighted by Crippen LogP contribution is 2.29. The number of aliphatic hydroxyl groups excluding tert-OH is 1. The Labute approximate surface area is 207 Å². The number of hydrogen-bond donors (Lipinski definition) is 3. The molecule has 0 spiro atoms. The van der Waals surface area contributed by atoms with E-state index in [1.165, 1.54) is 0 Å². The van der Waals surface area contributed by atoms with Crippen LogP contribution >= 0.6 is 0 Å². The molecule has 12 heteroatoms. The lowest BCUT2D eigenvalue weighted by Crippen LogP contribution is -2.38. The Balaban J connectivity index is 1.46. The molecule has 3 N–H and O–H groups in total. The first-order chi connectivity index (χ1) is 17.5. The second-order valence-electron chi connectivity index (χ2n) is 8.54. The molecule has 0 aliphatic carbocycles. The van der Waals surface area contributed by atoms with Crippen molar-refractivity contribution in [3.05, 3.63) is 42.2 Å². The van der Waals surface area contributed by atoms with E-state index in [-0.39, 0.29) is 31.2 Å². The van der Waals surface area contributed by atoms with E-state index in [2.05, 4.69) is 30.6 Å². The maximum absolute atomic E-state index is 13.5. The Morgan fingerprint density at radius 3 is 2.81 bits per heavy atom. The van der Waals surface area contributed by atoms with Crippen molar-refractivity contribution in [2.75, 3.05) is 48.9 Å². The number of oxazole rings is 1. The second kappa shape index (κ2) is 10.3. The number of anilines is 3. The Bertz CT molecular complexity index is 1360. The fraction of sp³-hybridized carbons (Fsp3) is 0.375. The number of rotatable bonds is 8. The number of pyridine rings is 2. The molecular formula is C24H28N8O4. The standard InChI is InChI=1S/C24H28N8O4/c1-31-14-15(13-26-31)18-4-3-5-20(27-18)28-23(34)17-12-19-21(30-24(36-19)25-8-11-33)29-22(17)32-9-6-16(35-2)7-10-32/h3-5,12-14,16,33H,6-11H2,1-2H3,(H,25,29,30)(H,27,28,34). The summed E-state index contributed by atoms with van der Waals surface area (Å²) in [5.41, 5.74) is 2.66. The first kappa shape index (κ1) is 23.7. The number of carbonyl (C=O) groups excluding carboxylic acids is 1. The van der Waals surface area contributed by atoms with Crippen molar-refractivity contribution in [2.45, 2.75) is 18.9 Å². The van der Waals surface area contributed by atoms with Gasteiger partial charge in [-0.25, -0.2) is 9.97 Å². The molecule has 5 heterocycles. The molecule has 1 aliphatic rings. The second-order valence-corrected chi connectivity index (χ2v) is 8.54. The van der Waals surface area contributed by atoms with Crippen LogP contribution < -0.4 is 15.5 Å². The molecule has 1 fully saturated rings. The first-order valence-corrected chi connectivity index (χ1v) is 11.8. The lowest BCUT2D eigenvalue weighted by Gasteiger charge is -2.32. The SMILES string of the molecule is COC1CCN(c2nc3nc(NCCO)oc3cc2C(=O)Nc2cccc(-c3cnn(C)c3)n2)CC1. The minimum absolute atomic E-state index is 0.0649. The van der Waals surface area contributed by atoms with Gasteiger partial charge in [-0.15, -0.1) is 0 Å². The fourth-order valence-corrected chi connectivity index (χ4v) is 4.21. The van der Waals surface area contributed by atoms with Gasteiger partial charge in [-0.2, -0.15) is 10.1 Å². The van der Waals surface area contributed by atoms with Gasteiger partial charge in [0.1, 0.15) is 11.6 Å². The van der Waals surface area contributed by atoms with Gasteiger partial charge in [0.05, 0.1) is 30.2 Å². The summed E-state index contributed by atoms with van der Waals surface area (Å²) in [6.45, 7) is 1.61. The summed E-state index contributed by atoms with van der Waals surface area (Å²) in [5.74, 6) is 0.582. The van der Waals surface area contributed by atoms with Crippen LogP contribution in [0.4, 0.5) is 17.7 Å². The van der Waals surface area contributed by atoms with E-state index < -0.39 is 0 Å². The molecular weight excluding hydrogens is 464 g/mol. The molecule has 12 nitrogen and oxygen atoms in total. The Morgan fingerprint density at radius 1 is 1.25 bits per heavy atom. The molecule has 1 aliphatic heterocycles. The Hall–Kier alpha value is -4.03. The van der Waals surface area contributed by atoms with Crippen LogP contribution in [0.3, 0.4) is 0 Å². The van der Waals surface area contributed by atoms with Crippen molar-refractivity contribution >= 4 is 34.8 Å². The Morgan fingerprint density at radius 2 is 2.08 bits per heavy atom. The lowest BCUT2D eigenvalue weighted by molar-refractivity contribution is 0.0817. The van der Waals surface area contributed by atoms with Crippen LogP contribution in [-0.2, 0) is 11.8 Å². The highest BCUT2D eigenvalue weighted by molar-refractivity contribution is 6.08. The zero-order chi connectivity index (χ0) is 25.1. The van der Waals surface area contributed by atoms with Crippen molar-refractivity contribution in [3.8, 4) is 11.3 Å². The molecule has 0 atom stereocenters. The number of aryl methyl sites for hydroxylation is 1. The van der Waals surface area contributed by atoms with Crippen molar-refractivity contribution in [1.29, 1.82) is 0 Å². The molecule has 5 rings (SSSR count). The predicted molar refractivity (Wildman–Crippen MR) is 134 cm³/mol. The molecule has 0 radical (unpaired) electrons. The van der Waals surface area contributed by atoms with Gasteiger partial charge in [-0.1, -0.05) is 6.07 Å². The van der Waals surface area contributed by atoms with E-state index in [0.29, 0.717) is 47.2 Å². The van der Waals surface area contributed by atoms with Crippen molar-refractivity contribution in [2.24, 2.45) is 7.05 Å². The molecule has 0 bridgehead atoms. The fourth-order valence-electron chi connectivity index (χ4n) is 4.21. The van der Waals surface area contributed by atoms with Crippen LogP contribution in [0.1, 0.15) is 23.2 Å². The topological polar surface area (TPSA) is 143 Å². The predicted octanol–water partition coefficient (Wildman–Crippen LogP) is 2.29. The number of nitrogens with zero attached hydrogens (tertiary/aromatic N) is 6. The van der Waals surface area contributed by atoms with Gasteiger partial charge in [0.2, 0.25) is 5.65 Å². The number of aromatic nitrogens is 5. The molecule has 4 aromatic heterocycles. The van der Waals surface area contributed by atoms with Crippen LogP contribution in [-0.4, -0.2) is 75.2 Å². The van der Waals surface area contributed by atoms with E-state index in [1.54, 1.807) is 30.1 Å². The van der Waals surface area contributed by atoms with Crippen LogP contribution in [0, 0.1) is 0 Å². The van der Waals surface area contributed by atoms with E-state index in [0.717, 1.165) is 18.4 Å². The summed E-state index contributed by atoms with van der Waals surface area (Å²) >= 11 is 0. The van der Waals surface area contributed by atoms with E-state index in [4.69, 9.17) is 19.2 Å². The first-order valence-electron chi connectivity index (χ1n) is 11.8. The molecule has 36 heavy (non-hydrogen) atoms. The number of ether oxygens (including phenoxy) is 1.